The van der Waals surface area contributed by atoms with Crippen molar-refractivity contribution in [2.75, 3.05) is 6.54 Å². The first-order valence-corrected chi connectivity index (χ1v) is 5.92. The van der Waals surface area contributed by atoms with Crippen LogP contribution < -0.4 is 5.32 Å². The summed E-state index contributed by atoms with van der Waals surface area (Å²) in [4.78, 5) is 0. The van der Waals surface area contributed by atoms with Gasteiger partial charge in [0.05, 0.1) is 6.04 Å². The molecule has 2 aromatic rings. The van der Waals surface area contributed by atoms with Gasteiger partial charge in [-0.2, -0.15) is 0 Å². The fourth-order valence-corrected chi connectivity index (χ4v) is 2.49. The van der Waals surface area contributed by atoms with Gasteiger partial charge < -0.3 is 5.32 Å². The van der Waals surface area contributed by atoms with E-state index < -0.39 is 0 Å². The molecule has 0 unspecified atom stereocenters. The van der Waals surface area contributed by atoms with Crippen LogP contribution in [0.25, 0.3) is 0 Å². The lowest BCUT2D eigenvalue weighted by Gasteiger charge is -2.27. The monoisotopic (exact) mass is 227 g/mol. The minimum absolute atomic E-state index is 0.0128. The Morgan fingerprint density at radius 1 is 0.941 bits per heavy atom. The lowest BCUT2D eigenvalue weighted by atomic mass is 9.90. The highest BCUT2D eigenvalue weighted by molar-refractivity contribution is 5.39. The van der Waals surface area contributed by atoms with E-state index >= 15 is 0 Å². The maximum absolute atomic E-state index is 13.8. The maximum Gasteiger partial charge on any atom is 0.128 e. The quantitative estimate of drug-likeness (QED) is 0.789. The highest BCUT2D eigenvalue weighted by Gasteiger charge is 2.22. The van der Waals surface area contributed by atoms with Crippen molar-refractivity contribution in [1.82, 2.24) is 5.32 Å². The standard InChI is InChI=1S/C15H14FN/c16-14-8-4-3-7-13(14)15-12-6-2-1-5-11(12)9-10-17-15/h1-8,15,17H,9-10H2/t15-/m1/s1. The number of rotatable bonds is 1. The van der Waals surface area contributed by atoms with Crippen molar-refractivity contribution in [1.29, 1.82) is 0 Å². The molecule has 0 bridgehead atoms. The predicted molar refractivity (Wildman–Crippen MR) is 66.4 cm³/mol. The number of halogens is 1. The molecule has 0 saturated carbocycles. The largest absolute Gasteiger partial charge is 0.306 e. The Labute approximate surface area is 100 Å². The normalized spacial score (nSPS) is 18.8. The summed E-state index contributed by atoms with van der Waals surface area (Å²) in [5.74, 6) is -0.137. The molecule has 0 aliphatic carbocycles. The topological polar surface area (TPSA) is 12.0 Å². The number of nitrogens with one attached hydrogen (secondary N) is 1. The highest BCUT2D eigenvalue weighted by atomic mass is 19.1. The number of benzene rings is 2. The average Bonchev–Trinajstić information content (AvgIpc) is 2.39. The minimum Gasteiger partial charge on any atom is -0.306 e. The summed E-state index contributed by atoms with van der Waals surface area (Å²) < 4.78 is 13.8. The predicted octanol–water partition coefficient (Wildman–Crippen LogP) is 3.06. The number of hydrogen-bond acceptors (Lipinski definition) is 1. The molecule has 1 aliphatic heterocycles. The van der Waals surface area contributed by atoms with E-state index in [0.717, 1.165) is 18.5 Å². The van der Waals surface area contributed by atoms with E-state index in [0.29, 0.717) is 0 Å². The summed E-state index contributed by atoms with van der Waals surface area (Å²) in [7, 11) is 0. The van der Waals surface area contributed by atoms with Crippen molar-refractivity contribution >= 4 is 0 Å². The molecule has 0 radical (unpaired) electrons. The second-order valence-electron chi connectivity index (χ2n) is 4.36. The van der Waals surface area contributed by atoms with Gasteiger partial charge in [-0.1, -0.05) is 42.5 Å². The zero-order chi connectivity index (χ0) is 11.7. The minimum atomic E-state index is -0.137. The van der Waals surface area contributed by atoms with Gasteiger partial charge in [0, 0.05) is 12.1 Å². The van der Waals surface area contributed by atoms with Gasteiger partial charge in [-0.3, -0.25) is 0 Å². The van der Waals surface area contributed by atoms with Crippen molar-refractivity contribution in [3.8, 4) is 0 Å². The van der Waals surface area contributed by atoms with E-state index in [9.17, 15) is 4.39 Å². The molecular weight excluding hydrogens is 213 g/mol. The Bertz CT molecular complexity index is 536. The third kappa shape index (κ3) is 1.85. The van der Waals surface area contributed by atoms with Crippen LogP contribution >= 0.6 is 0 Å². The first-order chi connectivity index (χ1) is 8.36. The summed E-state index contributed by atoms with van der Waals surface area (Å²) in [5, 5.41) is 3.39. The van der Waals surface area contributed by atoms with Gasteiger partial charge in [-0.15, -0.1) is 0 Å². The van der Waals surface area contributed by atoms with Crippen LogP contribution in [0, 0.1) is 5.82 Å². The molecule has 3 rings (SSSR count). The van der Waals surface area contributed by atoms with E-state index in [4.69, 9.17) is 0 Å². The molecule has 2 aromatic carbocycles. The van der Waals surface area contributed by atoms with Crippen LogP contribution in [-0.2, 0) is 6.42 Å². The summed E-state index contributed by atoms with van der Waals surface area (Å²) in [5.41, 5.74) is 3.25. The van der Waals surface area contributed by atoms with Gasteiger partial charge in [0.25, 0.3) is 0 Å². The molecule has 0 fully saturated rings. The molecule has 17 heavy (non-hydrogen) atoms. The highest BCUT2D eigenvalue weighted by Crippen LogP contribution is 2.29. The summed E-state index contributed by atoms with van der Waals surface area (Å²) in [6.07, 6.45) is 1.02. The number of fused-ring (bicyclic) bond motifs is 1. The van der Waals surface area contributed by atoms with Crippen LogP contribution in [0.5, 0.6) is 0 Å². The summed E-state index contributed by atoms with van der Waals surface area (Å²) in [6.45, 7) is 0.899. The second-order valence-corrected chi connectivity index (χ2v) is 4.36. The van der Waals surface area contributed by atoms with Crippen molar-refractivity contribution in [3.05, 3.63) is 71.0 Å². The van der Waals surface area contributed by atoms with Crippen molar-refractivity contribution in [3.63, 3.8) is 0 Å². The van der Waals surface area contributed by atoms with E-state index in [2.05, 4.69) is 17.4 Å². The molecular formula is C15H14FN. The fraction of sp³-hybridized carbons (Fsp3) is 0.200. The van der Waals surface area contributed by atoms with Gasteiger partial charge in [0.15, 0.2) is 0 Å². The van der Waals surface area contributed by atoms with E-state index in [1.807, 2.05) is 24.3 Å². The van der Waals surface area contributed by atoms with Gasteiger partial charge in [-0.25, -0.2) is 4.39 Å². The molecule has 0 aromatic heterocycles. The third-order valence-electron chi connectivity index (χ3n) is 3.33. The lowest BCUT2D eigenvalue weighted by molar-refractivity contribution is 0.528. The molecule has 1 aliphatic rings. The Morgan fingerprint density at radius 3 is 2.47 bits per heavy atom. The first kappa shape index (κ1) is 10.5. The Kier molecular flexibility index (Phi) is 2.65. The molecule has 1 nitrogen and oxygen atoms in total. The van der Waals surface area contributed by atoms with Crippen molar-refractivity contribution < 1.29 is 4.39 Å². The van der Waals surface area contributed by atoms with Crippen LogP contribution in [-0.4, -0.2) is 6.54 Å². The van der Waals surface area contributed by atoms with Crippen LogP contribution in [0.1, 0.15) is 22.7 Å². The molecule has 0 spiro atoms. The smallest absolute Gasteiger partial charge is 0.128 e. The molecule has 1 atom stereocenters. The zero-order valence-corrected chi connectivity index (χ0v) is 9.49. The van der Waals surface area contributed by atoms with E-state index in [-0.39, 0.29) is 11.9 Å². The Hall–Kier alpha value is -1.67. The number of hydrogen-bond donors (Lipinski definition) is 1. The third-order valence-corrected chi connectivity index (χ3v) is 3.33. The molecule has 1 N–H and O–H groups in total. The van der Waals surface area contributed by atoms with Crippen molar-refractivity contribution in [2.45, 2.75) is 12.5 Å². The summed E-state index contributed by atoms with van der Waals surface area (Å²) in [6, 6.07) is 15.3. The van der Waals surface area contributed by atoms with Crippen molar-refractivity contribution in [2.24, 2.45) is 0 Å². The Balaban J connectivity index is 2.09. The van der Waals surface area contributed by atoms with Gasteiger partial charge >= 0.3 is 0 Å². The SMILES string of the molecule is Fc1ccccc1[C@@H]1NCCc2ccccc21. The zero-order valence-electron chi connectivity index (χ0n) is 9.49. The van der Waals surface area contributed by atoms with E-state index in [1.165, 1.54) is 17.2 Å². The van der Waals surface area contributed by atoms with Gasteiger partial charge in [-0.05, 0) is 23.6 Å². The Morgan fingerprint density at radius 2 is 1.65 bits per heavy atom. The lowest BCUT2D eigenvalue weighted by Crippen LogP contribution is -2.31. The molecule has 2 heteroatoms. The fourth-order valence-electron chi connectivity index (χ4n) is 2.49. The maximum atomic E-state index is 13.8. The molecule has 1 heterocycles. The first-order valence-electron chi connectivity index (χ1n) is 5.92. The van der Waals surface area contributed by atoms with Crippen LogP contribution in [0.15, 0.2) is 48.5 Å². The second kappa shape index (κ2) is 4.30. The average molecular weight is 227 g/mol. The van der Waals surface area contributed by atoms with Crippen LogP contribution in [0.3, 0.4) is 0 Å². The molecule has 0 amide bonds. The van der Waals surface area contributed by atoms with E-state index in [1.54, 1.807) is 6.07 Å². The van der Waals surface area contributed by atoms with Crippen LogP contribution in [0.2, 0.25) is 0 Å². The van der Waals surface area contributed by atoms with Gasteiger partial charge in [0.2, 0.25) is 0 Å². The molecule has 0 saturated heterocycles. The van der Waals surface area contributed by atoms with Gasteiger partial charge in [0.1, 0.15) is 5.82 Å². The summed E-state index contributed by atoms with van der Waals surface area (Å²) >= 11 is 0. The molecule has 86 valence electrons. The van der Waals surface area contributed by atoms with Crippen LogP contribution in [0.4, 0.5) is 4.39 Å².